The van der Waals surface area contributed by atoms with Crippen LogP contribution in [0.15, 0.2) is 5.51 Å². The molecule has 1 N–H and O–H groups in total. The number of carbonyl (C=O) groups excluding carboxylic acids is 1. The van der Waals surface area contributed by atoms with Crippen molar-refractivity contribution in [1.29, 1.82) is 0 Å². The number of fused-ring (bicyclic) bond motifs is 1. The van der Waals surface area contributed by atoms with Crippen LogP contribution in [0.5, 0.6) is 0 Å². The first-order valence-electron chi connectivity index (χ1n) is 7.02. The van der Waals surface area contributed by atoms with Crippen molar-refractivity contribution < 1.29 is 19.4 Å². The Kier molecular flexibility index (Phi) is 3.71. The molecule has 0 radical (unpaired) electrons. The minimum absolute atomic E-state index is 0.0812. The summed E-state index contributed by atoms with van der Waals surface area (Å²) in [7, 11) is 1.56. The highest BCUT2D eigenvalue weighted by Gasteiger charge is 2.56. The Labute approximate surface area is 126 Å². The lowest BCUT2D eigenvalue weighted by atomic mass is 9.81. The van der Waals surface area contributed by atoms with E-state index in [2.05, 4.69) is 4.98 Å². The summed E-state index contributed by atoms with van der Waals surface area (Å²) < 4.78 is 5.05. The Balaban J connectivity index is 1.81. The van der Waals surface area contributed by atoms with Crippen LogP contribution in [0.1, 0.15) is 34.6 Å². The van der Waals surface area contributed by atoms with Gasteiger partial charge in [-0.2, -0.15) is 0 Å². The van der Waals surface area contributed by atoms with Crippen molar-refractivity contribution in [2.45, 2.75) is 25.9 Å². The maximum atomic E-state index is 12.6. The number of carboxylic acid groups (broad SMARTS) is 1. The van der Waals surface area contributed by atoms with Crippen LogP contribution in [0, 0.1) is 11.3 Å². The third-order valence-corrected chi connectivity index (χ3v) is 5.56. The Morgan fingerprint density at radius 1 is 1.62 bits per heavy atom. The van der Waals surface area contributed by atoms with Crippen LogP contribution in [0.25, 0.3) is 0 Å². The molecule has 0 aromatic carbocycles. The number of likely N-dealkylation sites (tertiary alicyclic amines) is 1. The maximum absolute atomic E-state index is 12.6. The molecule has 0 unspecified atom stereocenters. The maximum Gasteiger partial charge on any atom is 0.311 e. The van der Waals surface area contributed by atoms with Crippen LogP contribution in [-0.4, -0.2) is 47.1 Å². The van der Waals surface area contributed by atoms with E-state index < -0.39 is 11.4 Å². The standard InChI is InChI=1S/C14H18N2O4S/c1-20-6-10-11(21-8-15-10)12(17)16-5-9-3-2-4-14(9,7-16)13(18)19/h8-9H,2-7H2,1H3,(H,18,19)/t9-,14+/m0/s1. The molecule has 1 aromatic rings. The smallest absolute Gasteiger partial charge is 0.311 e. The van der Waals surface area contributed by atoms with Crippen LogP contribution in [-0.2, 0) is 16.1 Å². The summed E-state index contributed by atoms with van der Waals surface area (Å²) in [4.78, 5) is 30.7. The van der Waals surface area contributed by atoms with Gasteiger partial charge in [0.25, 0.3) is 5.91 Å². The first-order valence-corrected chi connectivity index (χ1v) is 7.90. The molecule has 1 saturated carbocycles. The predicted octanol–water partition coefficient (Wildman–Crippen LogP) is 1.62. The van der Waals surface area contributed by atoms with Crippen LogP contribution in [0.2, 0.25) is 0 Å². The van der Waals surface area contributed by atoms with Gasteiger partial charge in [-0.25, -0.2) is 4.98 Å². The van der Waals surface area contributed by atoms with Crippen LogP contribution in [0.4, 0.5) is 0 Å². The highest BCUT2D eigenvalue weighted by molar-refractivity contribution is 7.11. The molecule has 1 aromatic heterocycles. The molecule has 7 heteroatoms. The number of hydrogen-bond donors (Lipinski definition) is 1. The van der Waals surface area contributed by atoms with Gasteiger partial charge in [0.2, 0.25) is 0 Å². The second-order valence-electron chi connectivity index (χ2n) is 5.80. The van der Waals surface area contributed by atoms with Crippen LogP contribution < -0.4 is 0 Å². The summed E-state index contributed by atoms with van der Waals surface area (Å²) in [6, 6.07) is 0. The average molecular weight is 310 g/mol. The Hall–Kier alpha value is -1.47. The molecule has 3 rings (SSSR count). The summed E-state index contributed by atoms with van der Waals surface area (Å²) in [6.07, 6.45) is 2.50. The molecular weight excluding hydrogens is 292 g/mol. The Bertz CT molecular complexity index is 573. The van der Waals surface area contributed by atoms with Crippen molar-refractivity contribution in [3.8, 4) is 0 Å². The van der Waals surface area contributed by atoms with E-state index in [9.17, 15) is 14.7 Å². The van der Waals surface area contributed by atoms with Crippen molar-refractivity contribution >= 4 is 23.2 Å². The van der Waals surface area contributed by atoms with Crippen molar-refractivity contribution in [3.63, 3.8) is 0 Å². The minimum Gasteiger partial charge on any atom is -0.481 e. The van der Waals surface area contributed by atoms with E-state index in [4.69, 9.17) is 4.74 Å². The average Bonchev–Trinajstić information content (AvgIpc) is 3.11. The number of methoxy groups -OCH3 is 1. The SMILES string of the molecule is COCc1ncsc1C(=O)N1C[C@@H]2CCC[C@@]2(C(=O)O)C1. The number of thiazole rings is 1. The molecule has 1 amide bonds. The Morgan fingerprint density at radius 2 is 2.43 bits per heavy atom. The van der Waals surface area contributed by atoms with Gasteiger partial charge in [0, 0.05) is 20.2 Å². The zero-order valence-corrected chi connectivity index (χ0v) is 12.7. The van der Waals surface area contributed by atoms with E-state index in [0.29, 0.717) is 36.7 Å². The summed E-state index contributed by atoms with van der Waals surface area (Å²) in [5.74, 6) is -0.793. The van der Waals surface area contributed by atoms with Crippen molar-refractivity contribution in [1.82, 2.24) is 9.88 Å². The number of nitrogens with zero attached hydrogens (tertiary/aromatic N) is 2. The quantitative estimate of drug-likeness (QED) is 0.914. The third kappa shape index (κ3) is 2.24. The van der Waals surface area contributed by atoms with Gasteiger partial charge >= 0.3 is 5.97 Å². The third-order valence-electron chi connectivity index (χ3n) is 4.70. The van der Waals surface area contributed by atoms with Gasteiger partial charge in [-0.15, -0.1) is 11.3 Å². The number of amides is 1. The molecule has 114 valence electrons. The normalized spacial score (nSPS) is 27.9. The molecule has 1 aliphatic heterocycles. The number of hydrogen-bond acceptors (Lipinski definition) is 5. The molecular formula is C14H18N2O4S. The van der Waals surface area contributed by atoms with E-state index in [1.165, 1.54) is 11.3 Å². The second kappa shape index (κ2) is 5.38. The fourth-order valence-corrected chi connectivity index (χ4v) is 4.38. The molecule has 1 aliphatic carbocycles. The molecule has 6 nitrogen and oxygen atoms in total. The minimum atomic E-state index is -0.762. The molecule has 2 atom stereocenters. The predicted molar refractivity (Wildman–Crippen MR) is 76.1 cm³/mol. The molecule has 0 spiro atoms. The lowest BCUT2D eigenvalue weighted by Gasteiger charge is -2.23. The highest BCUT2D eigenvalue weighted by Crippen LogP contribution is 2.49. The van der Waals surface area contributed by atoms with E-state index >= 15 is 0 Å². The van der Waals surface area contributed by atoms with Crippen LogP contribution in [0.3, 0.4) is 0 Å². The van der Waals surface area contributed by atoms with Crippen LogP contribution >= 0.6 is 11.3 Å². The van der Waals surface area contributed by atoms with Crippen molar-refractivity contribution in [2.24, 2.45) is 11.3 Å². The summed E-state index contributed by atoms with van der Waals surface area (Å²) >= 11 is 1.29. The molecule has 2 aliphatic rings. The number of ether oxygens (including phenoxy) is 1. The zero-order chi connectivity index (χ0) is 15.0. The van der Waals surface area contributed by atoms with Gasteiger partial charge < -0.3 is 14.7 Å². The van der Waals surface area contributed by atoms with Gasteiger partial charge in [0.05, 0.1) is 23.2 Å². The molecule has 2 fully saturated rings. The van der Waals surface area contributed by atoms with Gasteiger partial charge in [-0.3, -0.25) is 9.59 Å². The Morgan fingerprint density at radius 3 is 3.10 bits per heavy atom. The largest absolute Gasteiger partial charge is 0.481 e. The fourth-order valence-electron chi connectivity index (χ4n) is 3.62. The van der Waals surface area contributed by atoms with Gasteiger partial charge in [-0.05, 0) is 18.8 Å². The highest BCUT2D eigenvalue weighted by atomic mass is 32.1. The number of aromatic nitrogens is 1. The lowest BCUT2D eigenvalue weighted by Crippen LogP contribution is -2.37. The first kappa shape index (κ1) is 14.5. The summed E-state index contributed by atoms with van der Waals surface area (Å²) in [5, 5.41) is 9.58. The first-order chi connectivity index (χ1) is 10.1. The van der Waals surface area contributed by atoms with Gasteiger partial charge in [0.15, 0.2) is 0 Å². The number of carbonyl (C=O) groups is 2. The van der Waals surface area contributed by atoms with E-state index in [1.54, 1.807) is 17.5 Å². The summed E-state index contributed by atoms with van der Waals surface area (Å²) in [5.41, 5.74) is 1.53. The molecule has 21 heavy (non-hydrogen) atoms. The fraction of sp³-hybridized carbons (Fsp3) is 0.643. The monoisotopic (exact) mass is 310 g/mol. The van der Waals surface area contributed by atoms with E-state index in [1.807, 2.05) is 0 Å². The van der Waals surface area contributed by atoms with Crippen molar-refractivity contribution in [2.75, 3.05) is 20.2 Å². The molecule has 0 bridgehead atoms. The molecule has 1 saturated heterocycles. The summed E-state index contributed by atoms with van der Waals surface area (Å²) in [6.45, 7) is 1.15. The van der Waals surface area contributed by atoms with Gasteiger partial charge in [-0.1, -0.05) is 6.42 Å². The van der Waals surface area contributed by atoms with E-state index in [-0.39, 0.29) is 11.8 Å². The van der Waals surface area contributed by atoms with Gasteiger partial charge in [0.1, 0.15) is 4.88 Å². The second-order valence-corrected chi connectivity index (χ2v) is 6.65. The lowest BCUT2D eigenvalue weighted by molar-refractivity contribution is -0.149. The number of rotatable bonds is 4. The molecule has 2 heterocycles. The van der Waals surface area contributed by atoms with E-state index in [0.717, 1.165) is 12.8 Å². The number of aliphatic carboxylic acids is 1. The number of carboxylic acids is 1. The zero-order valence-electron chi connectivity index (χ0n) is 11.9. The topological polar surface area (TPSA) is 79.7 Å². The van der Waals surface area contributed by atoms with Crippen molar-refractivity contribution in [3.05, 3.63) is 16.1 Å².